The molecule has 0 heterocycles. The van der Waals surface area contributed by atoms with Crippen molar-refractivity contribution in [3.63, 3.8) is 0 Å². The molecule has 3 nitrogen and oxygen atoms in total. The predicted octanol–water partition coefficient (Wildman–Crippen LogP) is 4.70. The average molecular weight is 399 g/mol. The van der Waals surface area contributed by atoms with Gasteiger partial charge in [0.1, 0.15) is 0 Å². The topological polar surface area (TPSA) is 60.7 Å². The zero-order chi connectivity index (χ0) is 20.7. The summed E-state index contributed by atoms with van der Waals surface area (Å²) in [5.41, 5.74) is 0.129. The van der Waals surface area contributed by atoms with E-state index in [1.807, 2.05) is 0 Å². The van der Waals surface area contributed by atoms with Gasteiger partial charge in [-0.05, 0) is 93.4 Å². The van der Waals surface area contributed by atoms with Gasteiger partial charge in [0.2, 0.25) is 0 Å². The van der Waals surface area contributed by atoms with E-state index in [0.717, 1.165) is 50.5 Å². The van der Waals surface area contributed by atoms with E-state index in [1.165, 1.54) is 5.56 Å². The molecule has 0 aromatic heterocycles. The van der Waals surface area contributed by atoms with Gasteiger partial charge in [-0.1, -0.05) is 43.7 Å². The van der Waals surface area contributed by atoms with Crippen molar-refractivity contribution in [1.29, 1.82) is 0 Å². The third-order valence-corrected chi connectivity index (χ3v) is 10.5. The molecule has 4 aliphatic carbocycles. The molecule has 1 aromatic rings. The van der Waals surface area contributed by atoms with Crippen LogP contribution < -0.4 is 0 Å². The zero-order valence-electron chi connectivity index (χ0n) is 18.3. The molecule has 0 bridgehead atoms. The summed E-state index contributed by atoms with van der Waals surface area (Å²) >= 11 is 0. The van der Waals surface area contributed by atoms with Crippen LogP contribution in [0.2, 0.25) is 0 Å². The lowest BCUT2D eigenvalue weighted by atomic mass is 9.43. The fraction of sp³-hybridized carbons (Fsp3) is 0.769. The van der Waals surface area contributed by atoms with E-state index in [9.17, 15) is 15.3 Å². The molecule has 0 amide bonds. The Bertz CT molecular complexity index is 790. The second-order valence-electron chi connectivity index (χ2n) is 11.4. The quantitative estimate of drug-likeness (QED) is 0.642. The Morgan fingerprint density at radius 1 is 0.828 bits per heavy atom. The maximum atomic E-state index is 12.3. The van der Waals surface area contributed by atoms with Gasteiger partial charge in [-0.2, -0.15) is 0 Å². The molecule has 3 heteroatoms. The van der Waals surface area contributed by atoms with Crippen LogP contribution in [0.4, 0.5) is 0 Å². The number of aryl methyl sites for hydroxylation is 1. The lowest BCUT2D eigenvalue weighted by Gasteiger charge is -2.64. The van der Waals surface area contributed by atoms with E-state index in [1.54, 1.807) is 0 Å². The number of fused-ring (bicyclic) bond motifs is 5. The van der Waals surface area contributed by atoms with Gasteiger partial charge >= 0.3 is 0 Å². The first-order valence-electron chi connectivity index (χ1n) is 11.8. The first-order chi connectivity index (χ1) is 13.6. The average Bonchev–Trinajstić information content (AvgIpc) is 2.91. The lowest BCUT2D eigenvalue weighted by Crippen LogP contribution is -2.64. The normalized spacial score (nSPS) is 51.8. The largest absolute Gasteiger partial charge is 0.393 e. The summed E-state index contributed by atoms with van der Waals surface area (Å²) in [6.07, 6.45) is 8.21. The van der Waals surface area contributed by atoms with Crippen LogP contribution >= 0.6 is 0 Å². The van der Waals surface area contributed by atoms with Gasteiger partial charge < -0.3 is 15.3 Å². The molecule has 5 rings (SSSR count). The second kappa shape index (κ2) is 6.31. The molecule has 1 aromatic carbocycles. The Morgan fingerprint density at radius 2 is 1.55 bits per heavy atom. The molecule has 3 N–H and O–H groups in total. The molecule has 3 unspecified atom stereocenters. The zero-order valence-corrected chi connectivity index (χ0v) is 18.3. The first-order valence-corrected chi connectivity index (χ1v) is 11.8. The van der Waals surface area contributed by atoms with Crippen molar-refractivity contribution in [1.82, 2.24) is 0 Å². The highest BCUT2D eigenvalue weighted by Crippen LogP contribution is 2.71. The van der Waals surface area contributed by atoms with E-state index in [2.05, 4.69) is 45.0 Å². The molecule has 4 fully saturated rings. The van der Waals surface area contributed by atoms with Crippen molar-refractivity contribution in [2.24, 2.45) is 28.6 Å². The highest BCUT2D eigenvalue weighted by molar-refractivity contribution is 5.34. The summed E-state index contributed by atoms with van der Waals surface area (Å²) in [5, 5.41) is 34.5. The summed E-state index contributed by atoms with van der Waals surface area (Å²) in [5.74, 6) is 1.35. The minimum absolute atomic E-state index is 0.139. The van der Waals surface area contributed by atoms with Crippen molar-refractivity contribution in [3.05, 3.63) is 35.4 Å². The molecule has 4 saturated carbocycles. The van der Waals surface area contributed by atoms with Gasteiger partial charge in [-0.15, -0.1) is 0 Å². The van der Waals surface area contributed by atoms with Crippen LogP contribution in [0.25, 0.3) is 0 Å². The SMILES string of the molecule is Cc1ccc(C2(O)CC[C@@]3(O)[C@@H]4CCC5CC(O)CC[C@]5(C)[C@@H]4CC[C@]23C)cc1. The molecule has 0 aliphatic heterocycles. The molecular weight excluding hydrogens is 360 g/mol. The third kappa shape index (κ3) is 2.47. The maximum absolute atomic E-state index is 12.3. The van der Waals surface area contributed by atoms with Crippen LogP contribution in [0.5, 0.6) is 0 Å². The lowest BCUT2D eigenvalue weighted by molar-refractivity contribution is -0.238. The Morgan fingerprint density at radius 3 is 2.28 bits per heavy atom. The summed E-state index contributed by atoms with van der Waals surface area (Å²) in [6.45, 7) is 6.68. The fourth-order valence-corrected chi connectivity index (χ4v) is 8.51. The van der Waals surface area contributed by atoms with E-state index >= 15 is 0 Å². The third-order valence-electron chi connectivity index (χ3n) is 10.5. The van der Waals surface area contributed by atoms with Crippen LogP contribution in [-0.2, 0) is 5.60 Å². The number of benzene rings is 1. The monoisotopic (exact) mass is 398 g/mol. The Kier molecular flexibility index (Phi) is 4.36. The van der Waals surface area contributed by atoms with E-state index in [-0.39, 0.29) is 17.4 Å². The van der Waals surface area contributed by atoms with Crippen LogP contribution in [0, 0.1) is 35.5 Å². The maximum Gasteiger partial charge on any atom is 0.0978 e. The van der Waals surface area contributed by atoms with Crippen molar-refractivity contribution in [2.45, 2.75) is 95.9 Å². The van der Waals surface area contributed by atoms with E-state index in [0.29, 0.717) is 24.7 Å². The molecule has 160 valence electrons. The van der Waals surface area contributed by atoms with Gasteiger partial charge in [0.15, 0.2) is 0 Å². The molecule has 0 spiro atoms. The second-order valence-corrected chi connectivity index (χ2v) is 11.4. The number of hydrogen-bond donors (Lipinski definition) is 3. The molecule has 8 atom stereocenters. The standard InChI is InChI=1S/C26H38O3/c1-17-4-6-18(7-5-17)25(28)14-15-26(29)22-9-8-19-16-20(27)10-12-23(19,2)21(22)11-13-24(25,26)3/h4-7,19-22,27-29H,8-16H2,1-3H3/t19?,20?,21-,22-,23+,24-,25?,26-/m1/s1. The molecule has 0 saturated heterocycles. The molecular formula is C26H38O3. The molecule has 0 radical (unpaired) electrons. The highest BCUT2D eigenvalue weighted by atomic mass is 16.3. The minimum atomic E-state index is -0.957. The van der Waals surface area contributed by atoms with Gasteiger partial charge in [0.25, 0.3) is 0 Å². The van der Waals surface area contributed by atoms with Gasteiger partial charge in [-0.3, -0.25) is 0 Å². The molecule has 4 aliphatic rings. The van der Waals surface area contributed by atoms with Crippen LogP contribution in [0.3, 0.4) is 0 Å². The summed E-state index contributed by atoms with van der Waals surface area (Å²) in [4.78, 5) is 0. The smallest absolute Gasteiger partial charge is 0.0978 e. The Balaban J connectivity index is 1.52. The summed E-state index contributed by atoms with van der Waals surface area (Å²) in [7, 11) is 0. The highest BCUT2D eigenvalue weighted by Gasteiger charge is 2.71. The van der Waals surface area contributed by atoms with E-state index < -0.39 is 16.6 Å². The van der Waals surface area contributed by atoms with Crippen LogP contribution in [0.15, 0.2) is 24.3 Å². The van der Waals surface area contributed by atoms with Crippen molar-refractivity contribution < 1.29 is 15.3 Å². The minimum Gasteiger partial charge on any atom is -0.393 e. The summed E-state index contributed by atoms with van der Waals surface area (Å²) < 4.78 is 0. The van der Waals surface area contributed by atoms with Gasteiger partial charge in [-0.25, -0.2) is 0 Å². The van der Waals surface area contributed by atoms with Crippen molar-refractivity contribution in [3.8, 4) is 0 Å². The van der Waals surface area contributed by atoms with E-state index in [4.69, 9.17) is 0 Å². The number of rotatable bonds is 1. The summed E-state index contributed by atoms with van der Waals surface area (Å²) in [6, 6.07) is 8.30. The van der Waals surface area contributed by atoms with Crippen molar-refractivity contribution >= 4 is 0 Å². The van der Waals surface area contributed by atoms with Crippen molar-refractivity contribution in [2.75, 3.05) is 0 Å². The number of aliphatic hydroxyl groups is 3. The van der Waals surface area contributed by atoms with Crippen LogP contribution in [0.1, 0.15) is 82.8 Å². The van der Waals surface area contributed by atoms with Gasteiger partial charge in [0.05, 0.1) is 17.3 Å². The first kappa shape index (κ1) is 20.0. The molecule has 29 heavy (non-hydrogen) atoms. The van der Waals surface area contributed by atoms with Gasteiger partial charge in [0, 0.05) is 5.41 Å². The van der Waals surface area contributed by atoms with Crippen LogP contribution in [-0.4, -0.2) is 27.0 Å². The predicted molar refractivity (Wildman–Crippen MR) is 114 cm³/mol. The number of aliphatic hydroxyl groups excluding tert-OH is 1. The number of hydrogen-bond acceptors (Lipinski definition) is 3. The Hall–Kier alpha value is -0.900. The fourth-order valence-electron chi connectivity index (χ4n) is 8.51. The Labute approximate surface area is 175 Å².